The van der Waals surface area contributed by atoms with Gasteiger partial charge in [-0.25, -0.2) is 15.0 Å². The van der Waals surface area contributed by atoms with Crippen LogP contribution in [-0.4, -0.2) is 36.0 Å². The number of nitrogens with zero attached hydrogens (tertiary/aromatic N) is 5. The van der Waals surface area contributed by atoms with Gasteiger partial charge < -0.3 is 14.9 Å². The van der Waals surface area contributed by atoms with Gasteiger partial charge in [0.25, 0.3) is 0 Å². The van der Waals surface area contributed by atoms with Crippen LogP contribution in [0.4, 0.5) is 5.82 Å². The lowest BCUT2D eigenvalue weighted by Gasteiger charge is -2.13. The van der Waals surface area contributed by atoms with Crippen LogP contribution in [0, 0.1) is 6.92 Å². The van der Waals surface area contributed by atoms with Gasteiger partial charge in [0.1, 0.15) is 5.52 Å². The molecule has 0 radical (unpaired) electrons. The number of H-pyrrole nitrogens is 1. The number of pyridine rings is 1. The average Bonchev–Trinajstić information content (AvgIpc) is 3.43. The van der Waals surface area contributed by atoms with Gasteiger partial charge in [0.15, 0.2) is 17.3 Å². The Kier molecular flexibility index (Phi) is 5.31. The number of aromatic nitrogens is 6. The molecule has 2 N–H and O–H groups in total. The highest BCUT2D eigenvalue weighted by atomic mass is 15.2. The van der Waals surface area contributed by atoms with Gasteiger partial charge in [0, 0.05) is 47.6 Å². The fourth-order valence-electron chi connectivity index (χ4n) is 4.02. The third kappa shape index (κ3) is 3.70. The van der Waals surface area contributed by atoms with Gasteiger partial charge in [-0.2, -0.15) is 0 Å². The Morgan fingerprint density at radius 2 is 2.03 bits per heavy atom. The van der Waals surface area contributed by atoms with E-state index < -0.39 is 0 Å². The highest BCUT2D eigenvalue weighted by Crippen LogP contribution is 2.27. The molecule has 0 aliphatic rings. The minimum absolute atomic E-state index is 0.303. The van der Waals surface area contributed by atoms with E-state index in [2.05, 4.69) is 69.1 Å². The van der Waals surface area contributed by atoms with Gasteiger partial charge in [0.2, 0.25) is 0 Å². The number of anilines is 1. The summed E-state index contributed by atoms with van der Waals surface area (Å²) in [4.78, 5) is 22.1. The second-order valence-electron chi connectivity index (χ2n) is 8.26. The zero-order valence-electron chi connectivity index (χ0n) is 18.6. The zero-order chi connectivity index (χ0) is 22.1. The van der Waals surface area contributed by atoms with E-state index in [0.29, 0.717) is 11.9 Å². The van der Waals surface area contributed by atoms with E-state index in [0.717, 1.165) is 53.0 Å². The Morgan fingerprint density at radius 3 is 2.88 bits per heavy atom. The van der Waals surface area contributed by atoms with Crippen molar-refractivity contribution in [2.24, 2.45) is 0 Å². The monoisotopic (exact) mass is 425 g/mol. The number of aromatic amines is 1. The molecule has 7 heteroatoms. The fourth-order valence-corrected chi connectivity index (χ4v) is 4.02. The van der Waals surface area contributed by atoms with Gasteiger partial charge >= 0.3 is 0 Å². The number of aryl methyl sites for hydroxylation is 1. The molecular formula is C25H27N7. The van der Waals surface area contributed by atoms with Gasteiger partial charge in [-0.05, 0) is 49.9 Å². The smallest absolute Gasteiger partial charge is 0.166 e. The van der Waals surface area contributed by atoms with Gasteiger partial charge in [0.05, 0.1) is 6.33 Å². The molecule has 5 aromatic rings. The van der Waals surface area contributed by atoms with Crippen LogP contribution in [-0.2, 0) is 6.42 Å². The number of hydrogen-bond donors (Lipinski definition) is 2. The third-order valence-corrected chi connectivity index (χ3v) is 5.98. The molecule has 0 bridgehead atoms. The van der Waals surface area contributed by atoms with Crippen molar-refractivity contribution < 1.29 is 0 Å². The van der Waals surface area contributed by atoms with Crippen molar-refractivity contribution in [1.82, 2.24) is 29.5 Å². The zero-order valence-corrected chi connectivity index (χ0v) is 18.6. The summed E-state index contributed by atoms with van der Waals surface area (Å²) in [6.07, 6.45) is 9.49. The number of fused-ring (bicyclic) bond motifs is 2. The molecule has 0 spiro atoms. The number of hydrogen-bond acceptors (Lipinski definition) is 5. The summed E-state index contributed by atoms with van der Waals surface area (Å²) in [5, 5.41) is 4.78. The van der Waals surface area contributed by atoms with Gasteiger partial charge in [-0.15, -0.1) is 0 Å². The van der Waals surface area contributed by atoms with Crippen molar-refractivity contribution in [1.29, 1.82) is 0 Å². The minimum atomic E-state index is 0.303. The molecule has 1 atom stereocenters. The summed E-state index contributed by atoms with van der Waals surface area (Å²) in [5.74, 6) is 1.42. The van der Waals surface area contributed by atoms with Crippen molar-refractivity contribution in [3.05, 3.63) is 66.4 Å². The molecule has 0 saturated heterocycles. The van der Waals surface area contributed by atoms with Crippen molar-refractivity contribution in [3.8, 4) is 11.4 Å². The standard InChI is InChI=1S/C25H27N7/c1-4-17(3)32-15-29-22-24(27-10-9-18-14-28-21-8-6-5-7-20(18)21)30-23(31-25(22)32)19-11-16(2)12-26-13-19/h5-8,11-15,17,28H,4,9-10H2,1-3H3,(H,27,30,31). The Balaban J connectivity index is 1.50. The highest BCUT2D eigenvalue weighted by molar-refractivity contribution is 5.85. The number of para-hydroxylation sites is 1. The molecule has 7 nitrogen and oxygen atoms in total. The summed E-state index contributed by atoms with van der Waals surface area (Å²) in [6, 6.07) is 10.7. The van der Waals surface area contributed by atoms with Crippen LogP contribution in [0.1, 0.15) is 37.4 Å². The van der Waals surface area contributed by atoms with E-state index in [9.17, 15) is 0 Å². The van der Waals surface area contributed by atoms with E-state index in [4.69, 9.17) is 9.97 Å². The molecule has 32 heavy (non-hydrogen) atoms. The molecule has 4 heterocycles. The summed E-state index contributed by atoms with van der Waals surface area (Å²) in [5.41, 5.74) is 6.08. The molecule has 0 aliphatic heterocycles. The van der Waals surface area contributed by atoms with E-state index >= 15 is 0 Å². The van der Waals surface area contributed by atoms with Crippen molar-refractivity contribution in [2.45, 2.75) is 39.7 Å². The molecule has 4 aromatic heterocycles. The van der Waals surface area contributed by atoms with Crippen LogP contribution in [0.5, 0.6) is 0 Å². The topological polar surface area (TPSA) is 84.3 Å². The molecule has 1 unspecified atom stereocenters. The number of nitrogens with one attached hydrogen (secondary N) is 2. The quantitative estimate of drug-likeness (QED) is 0.369. The molecule has 162 valence electrons. The number of rotatable bonds is 7. The van der Waals surface area contributed by atoms with Crippen LogP contribution < -0.4 is 5.32 Å². The predicted octanol–water partition coefficient (Wildman–Crippen LogP) is 5.30. The lowest BCUT2D eigenvalue weighted by molar-refractivity contribution is 0.541. The molecule has 0 amide bonds. The number of imidazole rings is 1. The molecule has 5 rings (SSSR count). The largest absolute Gasteiger partial charge is 0.368 e. The lowest BCUT2D eigenvalue weighted by Crippen LogP contribution is -2.09. The van der Waals surface area contributed by atoms with Crippen LogP contribution in [0.2, 0.25) is 0 Å². The third-order valence-electron chi connectivity index (χ3n) is 5.98. The van der Waals surface area contributed by atoms with E-state index in [1.807, 2.05) is 31.7 Å². The summed E-state index contributed by atoms with van der Waals surface area (Å²) in [7, 11) is 0. The highest BCUT2D eigenvalue weighted by Gasteiger charge is 2.17. The SMILES string of the molecule is CCC(C)n1cnc2c(NCCc3c[nH]c4ccccc34)nc(-c3cncc(C)c3)nc21. The van der Waals surface area contributed by atoms with Gasteiger partial charge in [-0.3, -0.25) is 4.98 Å². The van der Waals surface area contributed by atoms with E-state index in [1.165, 1.54) is 10.9 Å². The predicted molar refractivity (Wildman–Crippen MR) is 129 cm³/mol. The fraction of sp³-hybridized carbons (Fsp3) is 0.280. The van der Waals surface area contributed by atoms with Crippen LogP contribution >= 0.6 is 0 Å². The Bertz CT molecular complexity index is 1380. The molecular weight excluding hydrogens is 398 g/mol. The maximum Gasteiger partial charge on any atom is 0.166 e. The molecule has 0 saturated carbocycles. The Labute approximate surface area is 187 Å². The summed E-state index contributed by atoms with van der Waals surface area (Å²) >= 11 is 0. The first-order valence-corrected chi connectivity index (χ1v) is 11.1. The van der Waals surface area contributed by atoms with Crippen LogP contribution in [0.15, 0.2) is 55.2 Å². The van der Waals surface area contributed by atoms with Crippen LogP contribution in [0.25, 0.3) is 33.5 Å². The maximum atomic E-state index is 4.88. The van der Waals surface area contributed by atoms with E-state index in [1.54, 1.807) is 0 Å². The normalized spacial score (nSPS) is 12.5. The number of benzene rings is 1. The average molecular weight is 426 g/mol. The van der Waals surface area contributed by atoms with Gasteiger partial charge in [-0.1, -0.05) is 25.1 Å². The first-order valence-electron chi connectivity index (χ1n) is 11.1. The summed E-state index contributed by atoms with van der Waals surface area (Å²) < 4.78 is 2.13. The second-order valence-corrected chi connectivity index (χ2v) is 8.26. The Morgan fingerprint density at radius 1 is 1.16 bits per heavy atom. The molecule has 0 aliphatic carbocycles. The first-order chi connectivity index (χ1) is 15.6. The van der Waals surface area contributed by atoms with Crippen molar-refractivity contribution in [3.63, 3.8) is 0 Å². The lowest BCUT2D eigenvalue weighted by atomic mass is 10.1. The minimum Gasteiger partial charge on any atom is -0.368 e. The summed E-state index contributed by atoms with van der Waals surface area (Å²) in [6.45, 7) is 7.12. The maximum absolute atomic E-state index is 4.88. The first kappa shape index (κ1) is 20.2. The Hall–Kier alpha value is -3.74. The van der Waals surface area contributed by atoms with Crippen molar-refractivity contribution >= 4 is 27.9 Å². The molecule has 0 fully saturated rings. The van der Waals surface area contributed by atoms with E-state index in [-0.39, 0.29) is 0 Å². The second kappa shape index (κ2) is 8.42. The molecule has 1 aromatic carbocycles. The van der Waals surface area contributed by atoms with Crippen LogP contribution in [0.3, 0.4) is 0 Å². The van der Waals surface area contributed by atoms with Crippen molar-refractivity contribution in [2.75, 3.05) is 11.9 Å².